The van der Waals surface area contributed by atoms with E-state index in [9.17, 15) is 9.59 Å². The van der Waals surface area contributed by atoms with Crippen molar-refractivity contribution in [3.05, 3.63) is 71.3 Å². The number of imide groups is 1. The zero-order valence-electron chi connectivity index (χ0n) is 12.8. The Hall–Kier alpha value is -2.66. The second kappa shape index (κ2) is 6.62. The number of amides is 3. The Morgan fingerprint density at radius 3 is 2.35 bits per heavy atom. The van der Waals surface area contributed by atoms with Crippen LogP contribution in [0.4, 0.5) is 4.79 Å². The van der Waals surface area contributed by atoms with Crippen LogP contribution in [0.2, 0.25) is 0 Å². The van der Waals surface area contributed by atoms with Crippen molar-refractivity contribution >= 4 is 11.9 Å². The zero-order chi connectivity index (χ0) is 16.2. The van der Waals surface area contributed by atoms with Crippen molar-refractivity contribution in [2.75, 3.05) is 6.54 Å². The van der Waals surface area contributed by atoms with Gasteiger partial charge in [0.25, 0.3) is 5.91 Å². The first kappa shape index (κ1) is 15.2. The van der Waals surface area contributed by atoms with Gasteiger partial charge in [-0.3, -0.25) is 10.1 Å². The summed E-state index contributed by atoms with van der Waals surface area (Å²) in [6.45, 7) is 1.59. The molecule has 0 fully saturated rings. The van der Waals surface area contributed by atoms with Gasteiger partial charge < -0.3 is 10.6 Å². The third-order valence-electron chi connectivity index (χ3n) is 4.30. The van der Waals surface area contributed by atoms with E-state index < -0.39 is 12.1 Å². The number of fused-ring (bicyclic) bond motifs is 1. The van der Waals surface area contributed by atoms with Crippen molar-refractivity contribution in [3.8, 4) is 0 Å². The Labute approximate surface area is 135 Å². The minimum atomic E-state index is -0.812. The minimum Gasteiger partial charge on any atom is -0.351 e. The molecule has 118 valence electrons. The molecule has 0 aliphatic carbocycles. The maximum atomic E-state index is 12.5. The van der Waals surface area contributed by atoms with E-state index in [1.807, 2.05) is 42.5 Å². The summed E-state index contributed by atoms with van der Waals surface area (Å²) in [7, 11) is 0. The fraction of sp³-hybridized carbons (Fsp3) is 0.222. The summed E-state index contributed by atoms with van der Waals surface area (Å²) in [4.78, 5) is 24.8. The van der Waals surface area contributed by atoms with Gasteiger partial charge in [-0.25, -0.2) is 4.79 Å². The SMILES string of the molecule is NC(=O)NC(=O)[C@@H](c1ccccc1)[NH+]1CCc2ccccc2C1. The van der Waals surface area contributed by atoms with Gasteiger partial charge in [0.2, 0.25) is 0 Å². The fourth-order valence-corrected chi connectivity index (χ4v) is 3.26. The van der Waals surface area contributed by atoms with Gasteiger partial charge in [-0.1, -0.05) is 54.6 Å². The number of urea groups is 1. The lowest BCUT2D eigenvalue weighted by molar-refractivity contribution is -0.937. The second-order valence-electron chi connectivity index (χ2n) is 5.80. The van der Waals surface area contributed by atoms with Crippen molar-refractivity contribution in [3.63, 3.8) is 0 Å². The summed E-state index contributed by atoms with van der Waals surface area (Å²) in [5.41, 5.74) is 8.61. The highest BCUT2D eigenvalue weighted by atomic mass is 16.2. The van der Waals surface area contributed by atoms with Crippen molar-refractivity contribution in [2.45, 2.75) is 19.0 Å². The maximum absolute atomic E-state index is 12.5. The van der Waals surface area contributed by atoms with Crippen LogP contribution in [0.15, 0.2) is 54.6 Å². The highest BCUT2D eigenvalue weighted by molar-refractivity contribution is 5.96. The van der Waals surface area contributed by atoms with Gasteiger partial charge in [-0.15, -0.1) is 0 Å². The molecule has 1 aliphatic heterocycles. The second-order valence-corrected chi connectivity index (χ2v) is 5.80. The Bertz CT molecular complexity index is 715. The number of benzene rings is 2. The van der Waals surface area contributed by atoms with Crippen LogP contribution in [-0.2, 0) is 17.8 Å². The normalized spacial score (nSPS) is 17.8. The molecular formula is C18H20N3O2+. The molecule has 2 atom stereocenters. The molecule has 0 saturated carbocycles. The lowest BCUT2D eigenvalue weighted by Gasteiger charge is -2.31. The highest BCUT2D eigenvalue weighted by Gasteiger charge is 2.34. The van der Waals surface area contributed by atoms with Crippen LogP contribution in [0.25, 0.3) is 0 Å². The Balaban J connectivity index is 1.90. The molecule has 0 bridgehead atoms. The van der Waals surface area contributed by atoms with Gasteiger partial charge in [0, 0.05) is 17.5 Å². The van der Waals surface area contributed by atoms with Crippen LogP contribution in [0.3, 0.4) is 0 Å². The first-order valence-corrected chi connectivity index (χ1v) is 7.72. The standard InChI is InChI=1S/C18H19N3O2/c19-18(23)20-17(22)16(14-7-2-1-3-8-14)21-11-10-13-6-4-5-9-15(13)12-21/h1-9,16H,10-12H2,(H3,19,20,22,23)/p+1/t16-/m1/s1. The molecule has 1 heterocycles. The molecule has 2 aromatic rings. The van der Waals surface area contributed by atoms with E-state index in [-0.39, 0.29) is 5.91 Å². The van der Waals surface area contributed by atoms with Gasteiger partial charge in [0.15, 0.2) is 6.04 Å². The van der Waals surface area contributed by atoms with Crippen LogP contribution in [0, 0.1) is 0 Å². The molecule has 3 rings (SSSR count). The molecule has 1 aliphatic rings. The number of carbonyl (C=O) groups excluding carboxylic acids is 2. The average molecular weight is 310 g/mol. The summed E-state index contributed by atoms with van der Waals surface area (Å²) >= 11 is 0. The third kappa shape index (κ3) is 3.40. The molecule has 2 aromatic carbocycles. The van der Waals surface area contributed by atoms with E-state index in [4.69, 9.17) is 5.73 Å². The topological polar surface area (TPSA) is 76.6 Å². The van der Waals surface area contributed by atoms with E-state index in [0.29, 0.717) is 0 Å². The maximum Gasteiger partial charge on any atom is 0.319 e. The number of hydrogen-bond acceptors (Lipinski definition) is 2. The predicted molar refractivity (Wildman–Crippen MR) is 86.6 cm³/mol. The number of quaternary nitrogens is 1. The summed E-state index contributed by atoms with van der Waals surface area (Å²) in [6, 6.07) is 16.6. The number of carbonyl (C=O) groups is 2. The smallest absolute Gasteiger partial charge is 0.319 e. The summed E-state index contributed by atoms with van der Waals surface area (Å²) in [6.07, 6.45) is 0.915. The van der Waals surface area contributed by atoms with Crippen LogP contribution < -0.4 is 16.0 Å². The molecular weight excluding hydrogens is 290 g/mol. The first-order chi connectivity index (χ1) is 11.1. The van der Waals surface area contributed by atoms with Gasteiger partial charge >= 0.3 is 6.03 Å². The molecule has 4 N–H and O–H groups in total. The highest BCUT2D eigenvalue weighted by Crippen LogP contribution is 2.15. The predicted octanol–water partition coefficient (Wildman–Crippen LogP) is 0.564. The fourth-order valence-electron chi connectivity index (χ4n) is 3.26. The Morgan fingerprint density at radius 2 is 1.65 bits per heavy atom. The molecule has 3 amide bonds. The van der Waals surface area contributed by atoms with Crippen molar-refractivity contribution in [1.82, 2.24) is 5.32 Å². The number of rotatable bonds is 3. The van der Waals surface area contributed by atoms with Gasteiger partial charge in [0.05, 0.1) is 6.54 Å². The molecule has 23 heavy (non-hydrogen) atoms. The zero-order valence-corrected chi connectivity index (χ0v) is 12.8. The minimum absolute atomic E-state index is 0.349. The lowest BCUT2D eigenvalue weighted by atomic mass is 9.96. The molecule has 0 radical (unpaired) electrons. The van der Waals surface area contributed by atoms with Crippen LogP contribution in [0.5, 0.6) is 0 Å². The van der Waals surface area contributed by atoms with E-state index in [0.717, 1.165) is 30.0 Å². The third-order valence-corrected chi connectivity index (χ3v) is 4.30. The largest absolute Gasteiger partial charge is 0.351 e. The molecule has 5 nitrogen and oxygen atoms in total. The Kier molecular flexibility index (Phi) is 4.39. The monoisotopic (exact) mass is 310 g/mol. The molecule has 0 aromatic heterocycles. The number of hydrogen-bond donors (Lipinski definition) is 3. The van der Waals surface area contributed by atoms with E-state index in [1.54, 1.807) is 0 Å². The summed E-state index contributed by atoms with van der Waals surface area (Å²) in [5.74, 6) is -0.349. The van der Waals surface area contributed by atoms with Crippen molar-refractivity contribution in [1.29, 1.82) is 0 Å². The van der Waals surface area contributed by atoms with Crippen LogP contribution in [0.1, 0.15) is 22.7 Å². The van der Waals surface area contributed by atoms with Crippen molar-refractivity contribution in [2.24, 2.45) is 5.73 Å². The number of nitrogens with two attached hydrogens (primary N) is 1. The average Bonchev–Trinajstić information content (AvgIpc) is 2.55. The van der Waals surface area contributed by atoms with Gasteiger partial charge in [-0.2, -0.15) is 0 Å². The van der Waals surface area contributed by atoms with E-state index in [1.165, 1.54) is 11.1 Å². The van der Waals surface area contributed by atoms with E-state index in [2.05, 4.69) is 17.4 Å². The van der Waals surface area contributed by atoms with E-state index >= 15 is 0 Å². The first-order valence-electron chi connectivity index (χ1n) is 7.72. The lowest BCUT2D eigenvalue weighted by Crippen LogP contribution is -3.13. The van der Waals surface area contributed by atoms with Gasteiger partial charge in [0.1, 0.15) is 6.54 Å². The molecule has 1 unspecified atom stereocenters. The van der Waals surface area contributed by atoms with Gasteiger partial charge in [-0.05, 0) is 5.56 Å². The Morgan fingerprint density at radius 1 is 1.00 bits per heavy atom. The molecule has 0 spiro atoms. The summed E-state index contributed by atoms with van der Waals surface area (Å²) in [5, 5.41) is 2.24. The van der Waals surface area contributed by atoms with Crippen LogP contribution in [-0.4, -0.2) is 18.5 Å². The molecule has 0 saturated heterocycles. The molecule has 5 heteroatoms. The van der Waals surface area contributed by atoms with Crippen LogP contribution >= 0.6 is 0 Å². The quantitative estimate of drug-likeness (QED) is 0.775. The summed E-state index contributed by atoms with van der Waals surface area (Å²) < 4.78 is 0. The number of primary amides is 1. The van der Waals surface area contributed by atoms with Crippen molar-refractivity contribution < 1.29 is 14.5 Å². The number of nitrogens with one attached hydrogen (secondary N) is 2.